The Balaban J connectivity index is 0.000000570. The maximum Gasteiger partial charge on any atom is 0.119 e. The van der Waals surface area contributed by atoms with E-state index in [0.717, 1.165) is 31.4 Å². The van der Waals surface area contributed by atoms with Crippen LogP contribution in [-0.4, -0.2) is 29.5 Å². The van der Waals surface area contributed by atoms with Crippen molar-refractivity contribution in [2.75, 3.05) is 7.11 Å². The normalized spacial score (nSPS) is 37.0. The molecule has 6 atom stereocenters. The molecule has 0 amide bonds. The minimum atomic E-state index is -0.546. The van der Waals surface area contributed by atoms with Gasteiger partial charge in [0.2, 0.25) is 0 Å². The van der Waals surface area contributed by atoms with Gasteiger partial charge in [0, 0.05) is 0 Å². The van der Waals surface area contributed by atoms with Crippen molar-refractivity contribution in [1.82, 2.24) is 0 Å². The van der Waals surface area contributed by atoms with Crippen molar-refractivity contribution < 1.29 is 14.9 Å². The van der Waals surface area contributed by atoms with Gasteiger partial charge in [0.1, 0.15) is 5.75 Å². The van der Waals surface area contributed by atoms with Crippen LogP contribution in [0.15, 0.2) is 18.2 Å². The largest absolute Gasteiger partial charge is 0.497 e. The topological polar surface area (TPSA) is 49.7 Å². The second-order valence-electron chi connectivity index (χ2n) is 7.77. The highest BCUT2D eigenvalue weighted by molar-refractivity contribution is 5.40. The maximum atomic E-state index is 10.4. The summed E-state index contributed by atoms with van der Waals surface area (Å²) in [4.78, 5) is 0. The number of aliphatic hydroxyl groups is 2. The minimum absolute atomic E-state index is 0.0927. The van der Waals surface area contributed by atoms with Crippen molar-refractivity contribution in [1.29, 1.82) is 0 Å². The van der Waals surface area contributed by atoms with Crippen molar-refractivity contribution in [3.05, 3.63) is 29.3 Å². The van der Waals surface area contributed by atoms with Gasteiger partial charge in [-0.05, 0) is 78.5 Å². The predicted molar refractivity (Wildman–Crippen MR) is 108 cm³/mol. The third kappa shape index (κ3) is 3.41. The summed E-state index contributed by atoms with van der Waals surface area (Å²) in [6.07, 6.45) is 4.09. The second-order valence-corrected chi connectivity index (χ2v) is 7.77. The van der Waals surface area contributed by atoms with Crippen LogP contribution in [0.1, 0.15) is 77.3 Å². The zero-order chi connectivity index (χ0) is 19.5. The van der Waals surface area contributed by atoms with Gasteiger partial charge in [-0.15, -0.1) is 0 Å². The second kappa shape index (κ2) is 8.75. The summed E-state index contributed by atoms with van der Waals surface area (Å²) < 4.78 is 5.36. The van der Waals surface area contributed by atoms with E-state index < -0.39 is 12.2 Å². The van der Waals surface area contributed by atoms with Crippen molar-refractivity contribution in [3.63, 3.8) is 0 Å². The molecule has 26 heavy (non-hydrogen) atoms. The number of hydrogen-bond donors (Lipinski definition) is 2. The van der Waals surface area contributed by atoms with Crippen molar-refractivity contribution in [2.45, 2.75) is 84.8 Å². The first-order chi connectivity index (χ1) is 12.5. The van der Waals surface area contributed by atoms with Gasteiger partial charge in [0.15, 0.2) is 0 Å². The molecule has 0 saturated heterocycles. The quantitative estimate of drug-likeness (QED) is 0.744. The van der Waals surface area contributed by atoms with E-state index in [2.05, 4.69) is 25.1 Å². The van der Waals surface area contributed by atoms with Gasteiger partial charge in [-0.25, -0.2) is 0 Å². The van der Waals surface area contributed by atoms with Crippen molar-refractivity contribution in [3.8, 4) is 5.75 Å². The molecule has 0 bridgehead atoms. The third-order valence-electron chi connectivity index (χ3n) is 6.91. The van der Waals surface area contributed by atoms with Gasteiger partial charge in [0.05, 0.1) is 19.3 Å². The SMILES string of the molecule is CC.CC.COc1ccc2c(c1)CC[C@@H]1[C@@H]2CC[C@]2(C)[C@@H](O)[C@H](O)C[C@@H]12. The van der Waals surface area contributed by atoms with E-state index in [0.29, 0.717) is 17.8 Å². The zero-order valence-electron chi connectivity index (χ0n) is 17.5. The number of ether oxygens (including phenoxy) is 1. The lowest BCUT2D eigenvalue weighted by molar-refractivity contribution is -0.0505. The fraction of sp³-hybridized carbons (Fsp3) is 0.739. The number of benzene rings is 1. The number of methoxy groups -OCH3 is 1. The Kier molecular flexibility index (Phi) is 7.15. The Morgan fingerprint density at radius 2 is 1.77 bits per heavy atom. The molecular weight excluding hydrogens is 324 g/mol. The number of rotatable bonds is 1. The molecule has 3 nitrogen and oxygen atoms in total. The van der Waals surface area contributed by atoms with Crippen molar-refractivity contribution >= 4 is 0 Å². The van der Waals surface area contributed by atoms with Gasteiger partial charge in [0.25, 0.3) is 0 Å². The molecule has 0 aliphatic heterocycles. The summed E-state index contributed by atoms with van der Waals surface area (Å²) in [6, 6.07) is 6.51. The van der Waals surface area contributed by atoms with Crippen molar-refractivity contribution in [2.24, 2.45) is 17.3 Å². The first kappa shape index (κ1) is 21.2. The lowest BCUT2D eigenvalue weighted by Gasteiger charge is -2.49. The molecule has 3 aliphatic carbocycles. The molecule has 2 saturated carbocycles. The summed E-state index contributed by atoms with van der Waals surface area (Å²) in [6.45, 7) is 10.2. The fourth-order valence-electron chi connectivity index (χ4n) is 5.67. The monoisotopic (exact) mass is 362 g/mol. The average Bonchev–Trinajstić information content (AvgIpc) is 2.94. The predicted octanol–water partition coefficient (Wildman–Crippen LogP) is 4.94. The molecule has 148 valence electrons. The Morgan fingerprint density at radius 1 is 1.08 bits per heavy atom. The molecule has 1 aromatic carbocycles. The van der Waals surface area contributed by atoms with Crippen LogP contribution >= 0.6 is 0 Å². The van der Waals surface area contributed by atoms with E-state index in [1.54, 1.807) is 7.11 Å². The van der Waals surface area contributed by atoms with Gasteiger partial charge in [-0.1, -0.05) is 40.7 Å². The van der Waals surface area contributed by atoms with Crippen LogP contribution in [-0.2, 0) is 6.42 Å². The summed E-state index contributed by atoms with van der Waals surface area (Å²) in [5.74, 6) is 2.59. The summed E-state index contributed by atoms with van der Waals surface area (Å²) >= 11 is 0. The average molecular weight is 363 g/mol. The Hall–Kier alpha value is -1.06. The van der Waals surface area contributed by atoms with Crippen LogP contribution in [0.25, 0.3) is 0 Å². The smallest absolute Gasteiger partial charge is 0.119 e. The Labute approximate surface area is 159 Å². The Bertz CT molecular complexity index is 585. The molecule has 1 aromatic rings. The maximum absolute atomic E-state index is 10.4. The summed E-state index contributed by atoms with van der Waals surface area (Å²) in [7, 11) is 1.72. The molecule has 0 spiro atoms. The van der Waals surface area contributed by atoms with Crippen LogP contribution in [0.3, 0.4) is 0 Å². The van der Waals surface area contributed by atoms with Gasteiger partial charge in [-0.2, -0.15) is 0 Å². The van der Waals surface area contributed by atoms with E-state index >= 15 is 0 Å². The van der Waals surface area contributed by atoms with Crippen LogP contribution in [0.2, 0.25) is 0 Å². The highest BCUT2D eigenvalue weighted by Crippen LogP contribution is 2.60. The molecule has 2 fully saturated rings. The zero-order valence-corrected chi connectivity index (χ0v) is 17.5. The Morgan fingerprint density at radius 3 is 2.42 bits per heavy atom. The fourth-order valence-corrected chi connectivity index (χ4v) is 5.67. The highest BCUT2D eigenvalue weighted by atomic mass is 16.5. The minimum Gasteiger partial charge on any atom is -0.497 e. The molecule has 3 aliphatic rings. The lowest BCUT2D eigenvalue weighted by Crippen LogP contribution is -2.44. The molecule has 0 radical (unpaired) electrons. The molecule has 2 N–H and O–H groups in total. The molecule has 0 aromatic heterocycles. The highest BCUT2D eigenvalue weighted by Gasteiger charge is 2.57. The van der Waals surface area contributed by atoms with E-state index in [1.807, 2.05) is 27.7 Å². The molecule has 0 heterocycles. The molecule has 3 heteroatoms. The van der Waals surface area contributed by atoms with E-state index in [4.69, 9.17) is 4.74 Å². The lowest BCUT2D eigenvalue weighted by atomic mass is 9.55. The number of fused-ring (bicyclic) bond motifs is 5. The standard InChI is InChI=1S/C19H26O3.2C2H6/c1-19-8-7-14-13-6-4-12(22-2)9-11(13)3-5-15(14)16(19)10-17(20)18(19)21;2*1-2/h4,6,9,14-18,20-21H,3,5,7-8,10H2,1-2H3;2*1-2H3/t14-,15-,16+,17-,18+,19+;;/m1../s1. The van der Waals surface area contributed by atoms with E-state index in [9.17, 15) is 10.2 Å². The van der Waals surface area contributed by atoms with Crippen LogP contribution in [0, 0.1) is 17.3 Å². The molecule has 4 rings (SSSR count). The molecule has 0 unspecified atom stereocenters. The summed E-state index contributed by atoms with van der Waals surface area (Å²) in [5.41, 5.74) is 2.82. The van der Waals surface area contributed by atoms with E-state index in [-0.39, 0.29) is 5.41 Å². The number of hydrogen-bond acceptors (Lipinski definition) is 3. The van der Waals surface area contributed by atoms with Gasteiger partial charge < -0.3 is 14.9 Å². The van der Waals surface area contributed by atoms with E-state index in [1.165, 1.54) is 17.5 Å². The number of aliphatic hydroxyl groups excluding tert-OH is 2. The number of aryl methyl sites for hydroxylation is 1. The van der Waals surface area contributed by atoms with Crippen LogP contribution in [0.4, 0.5) is 0 Å². The third-order valence-corrected chi connectivity index (χ3v) is 6.91. The first-order valence-corrected chi connectivity index (χ1v) is 10.6. The van der Waals surface area contributed by atoms with Gasteiger partial charge >= 0.3 is 0 Å². The van der Waals surface area contributed by atoms with Crippen LogP contribution in [0.5, 0.6) is 5.75 Å². The molecular formula is C23H38O3. The van der Waals surface area contributed by atoms with Crippen LogP contribution < -0.4 is 4.74 Å². The first-order valence-electron chi connectivity index (χ1n) is 10.6. The summed E-state index contributed by atoms with van der Waals surface area (Å²) in [5, 5.41) is 20.6. The van der Waals surface area contributed by atoms with Gasteiger partial charge in [-0.3, -0.25) is 0 Å².